The van der Waals surface area contributed by atoms with Gasteiger partial charge in [0.05, 0.1) is 0 Å². The van der Waals surface area contributed by atoms with Crippen molar-refractivity contribution < 1.29 is 13.2 Å². The normalized spacial score (nSPS) is 25.1. The topological polar surface area (TPSA) is 12.0 Å². The van der Waals surface area contributed by atoms with E-state index in [1.807, 2.05) is 0 Å². The van der Waals surface area contributed by atoms with E-state index in [0.717, 1.165) is 13.0 Å². The molecule has 0 aliphatic heterocycles. The minimum atomic E-state index is -4.00. The first-order valence-electron chi connectivity index (χ1n) is 6.81. The summed E-state index contributed by atoms with van der Waals surface area (Å²) in [6, 6.07) is 0. The molecule has 0 fully saturated rings. The fraction of sp³-hybridized carbons (Fsp3) is 0.857. The molecular weight excluding hydrogens is 239 g/mol. The summed E-state index contributed by atoms with van der Waals surface area (Å²) in [6.45, 7) is 6.01. The highest BCUT2D eigenvalue weighted by atomic mass is 19.4. The highest BCUT2D eigenvalue weighted by Crippen LogP contribution is 2.27. The second kappa shape index (κ2) is 7.17. The molecular formula is C14H24F3N. The summed E-state index contributed by atoms with van der Waals surface area (Å²) in [5, 5.41) is 3.29. The van der Waals surface area contributed by atoms with Gasteiger partial charge in [0.2, 0.25) is 0 Å². The molecule has 2 atom stereocenters. The fourth-order valence-electron chi connectivity index (χ4n) is 2.72. The van der Waals surface area contributed by atoms with E-state index in [-0.39, 0.29) is 6.42 Å². The molecule has 0 bridgehead atoms. The number of hydrogen-bond acceptors (Lipinski definition) is 1. The van der Waals surface area contributed by atoms with Gasteiger partial charge >= 0.3 is 6.18 Å². The Morgan fingerprint density at radius 1 is 1.33 bits per heavy atom. The summed E-state index contributed by atoms with van der Waals surface area (Å²) in [5.74, 6) is 1.28. The first kappa shape index (κ1) is 15.5. The Morgan fingerprint density at radius 2 is 2.06 bits per heavy atom. The average molecular weight is 263 g/mol. The van der Waals surface area contributed by atoms with Gasteiger partial charge in [-0.25, -0.2) is 0 Å². The Kier molecular flexibility index (Phi) is 6.19. The van der Waals surface area contributed by atoms with E-state index in [4.69, 9.17) is 0 Å². The zero-order chi connectivity index (χ0) is 13.6. The van der Waals surface area contributed by atoms with Crippen LogP contribution in [0.2, 0.25) is 0 Å². The zero-order valence-electron chi connectivity index (χ0n) is 11.3. The van der Waals surface area contributed by atoms with Crippen molar-refractivity contribution in [2.45, 2.75) is 52.1 Å². The molecule has 0 saturated heterocycles. The number of rotatable bonds is 6. The smallest absolute Gasteiger partial charge is 0.316 e. The Hall–Kier alpha value is -0.510. The molecule has 1 nitrogen and oxygen atoms in total. The molecule has 1 rings (SSSR count). The molecule has 0 aromatic carbocycles. The van der Waals surface area contributed by atoms with E-state index in [0.29, 0.717) is 24.8 Å². The minimum Gasteiger partial charge on any atom is -0.316 e. The lowest BCUT2D eigenvalue weighted by Crippen LogP contribution is -2.27. The van der Waals surface area contributed by atoms with Gasteiger partial charge in [-0.1, -0.05) is 18.6 Å². The van der Waals surface area contributed by atoms with Crippen LogP contribution in [0.3, 0.4) is 0 Å². The van der Waals surface area contributed by atoms with Crippen LogP contribution >= 0.6 is 0 Å². The lowest BCUT2D eigenvalue weighted by Gasteiger charge is -2.25. The second-order valence-corrected chi connectivity index (χ2v) is 5.57. The monoisotopic (exact) mass is 263 g/mol. The van der Waals surface area contributed by atoms with Crippen molar-refractivity contribution in [2.24, 2.45) is 11.8 Å². The van der Waals surface area contributed by atoms with Gasteiger partial charge in [0.25, 0.3) is 0 Å². The summed E-state index contributed by atoms with van der Waals surface area (Å²) < 4.78 is 35.7. The van der Waals surface area contributed by atoms with E-state index in [1.165, 1.54) is 12.0 Å². The molecule has 0 aromatic rings. The minimum absolute atomic E-state index is 0.233. The molecule has 0 saturated carbocycles. The van der Waals surface area contributed by atoms with Gasteiger partial charge in [0.15, 0.2) is 0 Å². The SMILES string of the molecule is CC1=CC(C)CC(CNCCCCC(F)(F)F)C1. The first-order chi connectivity index (χ1) is 8.37. The zero-order valence-corrected chi connectivity index (χ0v) is 11.3. The third-order valence-corrected chi connectivity index (χ3v) is 3.38. The van der Waals surface area contributed by atoms with Gasteiger partial charge in [0.1, 0.15) is 0 Å². The molecule has 106 valence electrons. The predicted octanol–water partition coefficient (Wildman–Crippen LogP) is 4.30. The van der Waals surface area contributed by atoms with Crippen molar-refractivity contribution in [3.8, 4) is 0 Å². The molecule has 0 amide bonds. The Morgan fingerprint density at radius 3 is 2.67 bits per heavy atom. The average Bonchev–Trinajstić information content (AvgIpc) is 2.20. The Labute approximate surface area is 108 Å². The van der Waals surface area contributed by atoms with Crippen LogP contribution < -0.4 is 5.32 Å². The molecule has 0 radical (unpaired) electrons. The van der Waals surface area contributed by atoms with E-state index in [1.54, 1.807) is 0 Å². The molecule has 0 aromatic heterocycles. The molecule has 4 heteroatoms. The first-order valence-corrected chi connectivity index (χ1v) is 6.81. The van der Waals surface area contributed by atoms with Crippen molar-refractivity contribution in [1.82, 2.24) is 5.32 Å². The quantitative estimate of drug-likeness (QED) is 0.556. The largest absolute Gasteiger partial charge is 0.389 e. The summed E-state index contributed by atoms with van der Waals surface area (Å²) in [4.78, 5) is 0. The van der Waals surface area contributed by atoms with E-state index in [2.05, 4.69) is 25.2 Å². The molecule has 2 unspecified atom stereocenters. The van der Waals surface area contributed by atoms with E-state index in [9.17, 15) is 13.2 Å². The van der Waals surface area contributed by atoms with Crippen molar-refractivity contribution >= 4 is 0 Å². The molecule has 1 aliphatic rings. The standard InChI is InChI=1S/C14H24F3N/c1-11-7-12(2)9-13(8-11)10-18-6-4-3-5-14(15,16)17/h7,11,13,18H,3-6,8-10H2,1-2H3. The maximum atomic E-state index is 11.9. The fourth-order valence-corrected chi connectivity index (χ4v) is 2.72. The molecule has 18 heavy (non-hydrogen) atoms. The van der Waals surface area contributed by atoms with Crippen LogP contribution in [0.15, 0.2) is 11.6 Å². The van der Waals surface area contributed by atoms with Gasteiger partial charge in [-0.3, -0.25) is 0 Å². The Bertz CT molecular complexity index is 271. The summed E-state index contributed by atoms with van der Waals surface area (Å²) in [5.41, 5.74) is 1.44. The lowest BCUT2D eigenvalue weighted by atomic mass is 9.84. The maximum Gasteiger partial charge on any atom is 0.389 e. The highest BCUT2D eigenvalue weighted by molar-refractivity contribution is 5.06. The van der Waals surface area contributed by atoms with Crippen LogP contribution in [-0.2, 0) is 0 Å². The molecule has 1 aliphatic carbocycles. The lowest BCUT2D eigenvalue weighted by molar-refractivity contribution is -0.135. The summed E-state index contributed by atoms with van der Waals surface area (Å²) in [7, 11) is 0. The number of unbranched alkanes of at least 4 members (excludes halogenated alkanes) is 1. The van der Waals surface area contributed by atoms with Gasteiger partial charge in [-0.2, -0.15) is 13.2 Å². The number of alkyl halides is 3. The van der Waals surface area contributed by atoms with Crippen LogP contribution in [0, 0.1) is 11.8 Å². The third kappa shape index (κ3) is 7.04. The van der Waals surface area contributed by atoms with Gasteiger partial charge in [-0.15, -0.1) is 0 Å². The van der Waals surface area contributed by atoms with E-state index < -0.39 is 12.6 Å². The van der Waals surface area contributed by atoms with Crippen molar-refractivity contribution in [3.05, 3.63) is 11.6 Å². The molecule has 0 spiro atoms. The third-order valence-electron chi connectivity index (χ3n) is 3.38. The number of nitrogens with one attached hydrogen (secondary N) is 1. The number of halogens is 3. The molecule has 1 N–H and O–H groups in total. The number of allylic oxidation sites excluding steroid dienone is 2. The van der Waals surface area contributed by atoms with Crippen LogP contribution in [-0.4, -0.2) is 19.3 Å². The maximum absolute atomic E-state index is 11.9. The highest BCUT2D eigenvalue weighted by Gasteiger charge is 2.25. The number of hydrogen-bond donors (Lipinski definition) is 1. The van der Waals surface area contributed by atoms with Crippen LogP contribution in [0.1, 0.15) is 46.0 Å². The predicted molar refractivity (Wildman–Crippen MR) is 68.4 cm³/mol. The summed E-state index contributed by atoms with van der Waals surface area (Å²) >= 11 is 0. The van der Waals surface area contributed by atoms with Crippen LogP contribution in [0.5, 0.6) is 0 Å². The second-order valence-electron chi connectivity index (χ2n) is 5.57. The van der Waals surface area contributed by atoms with Crippen LogP contribution in [0.4, 0.5) is 13.2 Å². The van der Waals surface area contributed by atoms with Crippen molar-refractivity contribution in [1.29, 1.82) is 0 Å². The van der Waals surface area contributed by atoms with Crippen molar-refractivity contribution in [2.75, 3.05) is 13.1 Å². The Balaban J connectivity index is 2.03. The van der Waals surface area contributed by atoms with Crippen LogP contribution in [0.25, 0.3) is 0 Å². The van der Waals surface area contributed by atoms with Crippen molar-refractivity contribution in [3.63, 3.8) is 0 Å². The van der Waals surface area contributed by atoms with Gasteiger partial charge < -0.3 is 5.32 Å². The summed E-state index contributed by atoms with van der Waals surface area (Å²) in [6.07, 6.45) is 0.817. The van der Waals surface area contributed by atoms with Gasteiger partial charge in [0, 0.05) is 6.42 Å². The molecule has 0 heterocycles. The van der Waals surface area contributed by atoms with Gasteiger partial charge in [-0.05, 0) is 57.5 Å². The van der Waals surface area contributed by atoms with E-state index >= 15 is 0 Å².